The van der Waals surface area contributed by atoms with Gasteiger partial charge in [0, 0.05) is 27.7 Å². The van der Waals surface area contributed by atoms with Crippen molar-refractivity contribution in [2.24, 2.45) is 0 Å². The first-order chi connectivity index (χ1) is 31.3. The van der Waals surface area contributed by atoms with E-state index < -0.39 is 5.41 Å². The molecule has 1 aromatic heterocycles. The summed E-state index contributed by atoms with van der Waals surface area (Å²) in [5.41, 5.74) is 21.4. The SMILES string of the molecule is c1ccc(-c2ccc(-c3ccccc3N(c3cccc(-c4ccccc4)c3)c3cc4c5c(c3)c3ccccc3n5-c3ccccc3C43c4ccccc4-c4ccccc43)cc2)cc1. The molecule has 294 valence electrons. The van der Waals surface area contributed by atoms with Crippen LogP contribution in [0.25, 0.3) is 72.0 Å². The minimum Gasteiger partial charge on any atom is -0.310 e. The fourth-order valence-electron chi connectivity index (χ4n) is 11.0. The Labute approximate surface area is 367 Å². The fraction of sp³-hybridized carbons (Fsp3) is 0.0164. The third kappa shape index (κ3) is 5.19. The second-order valence-corrected chi connectivity index (χ2v) is 16.8. The van der Waals surface area contributed by atoms with Crippen LogP contribution < -0.4 is 4.90 Å². The van der Waals surface area contributed by atoms with Crippen molar-refractivity contribution < 1.29 is 0 Å². The molecule has 2 nitrogen and oxygen atoms in total. The number of anilines is 3. The summed E-state index contributed by atoms with van der Waals surface area (Å²) in [7, 11) is 0. The van der Waals surface area contributed by atoms with Gasteiger partial charge in [-0.1, -0.05) is 200 Å². The van der Waals surface area contributed by atoms with Crippen LogP contribution in [0.3, 0.4) is 0 Å². The highest BCUT2D eigenvalue weighted by molar-refractivity contribution is 6.14. The number of hydrogen-bond donors (Lipinski definition) is 0. The van der Waals surface area contributed by atoms with Crippen molar-refractivity contribution >= 4 is 38.9 Å². The first-order valence-electron chi connectivity index (χ1n) is 21.8. The summed E-state index contributed by atoms with van der Waals surface area (Å²) in [5.74, 6) is 0. The number of rotatable bonds is 6. The van der Waals surface area contributed by atoms with Crippen molar-refractivity contribution in [2.45, 2.75) is 5.41 Å². The van der Waals surface area contributed by atoms with E-state index in [4.69, 9.17) is 0 Å². The molecule has 0 N–H and O–H groups in total. The molecule has 0 unspecified atom stereocenters. The molecule has 0 saturated heterocycles. The zero-order valence-corrected chi connectivity index (χ0v) is 34.5. The Morgan fingerprint density at radius 2 is 0.857 bits per heavy atom. The molecule has 0 saturated carbocycles. The molecular formula is C61H40N2. The Hall–Kier alpha value is -8.20. The fourth-order valence-corrected chi connectivity index (χ4v) is 11.0. The molecular weight excluding hydrogens is 761 g/mol. The highest BCUT2D eigenvalue weighted by Crippen LogP contribution is 2.62. The molecule has 13 rings (SSSR count). The van der Waals surface area contributed by atoms with Crippen LogP contribution in [0.4, 0.5) is 17.1 Å². The molecule has 1 aliphatic heterocycles. The number of benzene rings is 10. The van der Waals surface area contributed by atoms with E-state index in [1.54, 1.807) is 0 Å². The summed E-state index contributed by atoms with van der Waals surface area (Å²) in [5, 5.41) is 2.48. The molecule has 1 spiro atoms. The van der Waals surface area contributed by atoms with Gasteiger partial charge in [0.2, 0.25) is 0 Å². The summed E-state index contributed by atoms with van der Waals surface area (Å²) in [4.78, 5) is 2.51. The van der Waals surface area contributed by atoms with E-state index in [1.807, 2.05) is 0 Å². The number of fused-ring (bicyclic) bond motifs is 12. The molecule has 0 atom stereocenters. The third-order valence-electron chi connectivity index (χ3n) is 13.6. The summed E-state index contributed by atoms with van der Waals surface area (Å²) in [6.07, 6.45) is 0. The number of hydrogen-bond acceptors (Lipinski definition) is 1. The largest absolute Gasteiger partial charge is 0.310 e. The summed E-state index contributed by atoms with van der Waals surface area (Å²) < 4.78 is 2.54. The van der Waals surface area contributed by atoms with Crippen LogP contribution in [0.5, 0.6) is 0 Å². The van der Waals surface area contributed by atoms with Gasteiger partial charge in [-0.05, 0) is 104 Å². The van der Waals surface area contributed by atoms with Gasteiger partial charge in [-0.25, -0.2) is 0 Å². The van der Waals surface area contributed by atoms with E-state index in [9.17, 15) is 0 Å². The lowest BCUT2D eigenvalue weighted by Gasteiger charge is -2.40. The predicted octanol–water partition coefficient (Wildman–Crippen LogP) is 15.9. The van der Waals surface area contributed by atoms with E-state index in [0.29, 0.717) is 0 Å². The molecule has 1 aliphatic carbocycles. The molecule has 2 heterocycles. The molecule has 0 radical (unpaired) electrons. The molecule has 0 amide bonds. The average Bonchev–Trinajstić information content (AvgIpc) is 3.85. The van der Waals surface area contributed by atoms with Gasteiger partial charge in [-0.2, -0.15) is 0 Å². The van der Waals surface area contributed by atoms with Crippen molar-refractivity contribution in [3.05, 3.63) is 265 Å². The molecule has 2 aliphatic rings. The van der Waals surface area contributed by atoms with Gasteiger partial charge < -0.3 is 9.47 Å². The van der Waals surface area contributed by atoms with E-state index in [0.717, 1.165) is 28.2 Å². The van der Waals surface area contributed by atoms with Gasteiger partial charge >= 0.3 is 0 Å². The number of aromatic nitrogens is 1. The molecule has 11 aromatic rings. The van der Waals surface area contributed by atoms with Crippen molar-refractivity contribution in [1.82, 2.24) is 4.57 Å². The normalized spacial score (nSPS) is 12.9. The lowest BCUT2D eigenvalue weighted by atomic mass is 9.65. The van der Waals surface area contributed by atoms with E-state index >= 15 is 0 Å². The highest BCUT2D eigenvalue weighted by atomic mass is 15.1. The Balaban J connectivity index is 1.14. The van der Waals surface area contributed by atoms with Crippen LogP contribution in [0.1, 0.15) is 22.3 Å². The molecule has 0 bridgehead atoms. The monoisotopic (exact) mass is 800 g/mol. The lowest BCUT2D eigenvalue weighted by Crippen LogP contribution is -2.33. The Morgan fingerprint density at radius 1 is 0.317 bits per heavy atom. The predicted molar refractivity (Wildman–Crippen MR) is 263 cm³/mol. The second kappa shape index (κ2) is 13.9. The van der Waals surface area contributed by atoms with Gasteiger partial charge in [0.15, 0.2) is 0 Å². The highest BCUT2D eigenvalue weighted by Gasteiger charge is 2.51. The van der Waals surface area contributed by atoms with E-state index in [1.165, 1.54) is 83.1 Å². The third-order valence-corrected chi connectivity index (χ3v) is 13.6. The average molecular weight is 801 g/mol. The van der Waals surface area contributed by atoms with Gasteiger partial charge in [0.25, 0.3) is 0 Å². The maximum absolute atomic E-state index is 2.54. The first kappa shape index (κ1) is 35.5. The van der Waals surface area contributed by atoms with Gasteiger partial charge in [-0.15, -0.1) is 0 Å². The van der Waals surface area contributed by atoms with E-state index in [2.05, 4.69) is 252 Å². The van der Waals surface area contributed by atoms with Crippen LogP contribution in [-0.2, 0) is 5.41 Å². The van der Waals surface area contributed by atoms with Crippen molar-refractivity contribution in [1.29, 1.82) is 0 Å². The minimum atomic E-state index is -0.563. The maximum Gasteiger partial charge on any atom is 0.0755 e. The quantitative estimate of drug-likeness (QED) is 0.163. The van der Waals surface area contributed by atoms with Crippen molar-refractivity contribution in [2.75, 3.05) is 4.90 Å². The molecule has 2 heteroatoms. The van der Waals surface area contributed by atoms with Crippen LogP contribution in [0.15, 0.2) is 243 Å². The standard InChI is InChI=1S/C61H40N2/c1-3-18-41(19-4-1)43-34-36-44(37-35-43)48-24-9-14-31-57(48)62(46-23-17-22-45(38-46)42-20-5-2-6-21-42)47-39-52-51-27-10-15-32-58(51)63-59-33-16-13-30-55(59)61(56(40-47)60(52)63)53-28-11-7-25-49(53)50-26-8-12-29-54(50)61/h1-40H. The first-order valence-corrected chi connectivity index (χ1v) is 21.8. The smallest absolute Gasteiger partial charge is 0.0755 e. The van der Waals surface area contributed by atoms with Crippen molar-refractivity contribution in [3.8, 4) is 50.2 Å². The minimum absolute atomic E-state index is 0.563. The van der Waals surface area contributed by atoms with Crippen LogP contribution in [0, 0.1) is 0 Å². The zero-order chi connectivity index (χ0) is 41.5. The van der Waals surface area contributed by atoms with E-state index in [-0.39, 0.29) is 0 Å². The number of nitrogens with zero attached hydrogens (tertiary/aromatic N) is 2. The Bertz CT molecular complexity index is 3520. The maximum atomic E-state index is 2.54. The summed E-state index contributed by atoms with van der Waals surface area (Å²) in [6, 6.07) is 89.7. The van der Waals surface area contributed by atoms with Gasteiger partial charge in [-0.3, -0.25) is 0 Å². The molecule has 63 heavy (non-hydrogen) atoms. The molecule has 10 aromatic carbocycles. The second-order valence-electron chi connectivity index (χ2n) is 16.8. The van der Waals surface area contributed by atoms with Crippen LogP contribution in [0.2, 0.25) is 0 Å². The van der Waals surface area contributed by atoms with Crippen molar-refractivity contribution in [3.63, 3.8) is 0 Å². The van der Waals surface area contributed by atoms with Crippen LogP contribution >= 0.6 is 0 Å². The lowest BCUT2D eigenvalue weighted by molar-refractivity contribution is 0.748. The van der Waals surface area contributed by atoms with Crippen LogP contribution in [-0.4, -0.2) is 4.57 Å². The number of para-hydroxylation sites is 3. The van der Waals surface area contributed by atoms with Gasteiger partial charge in [0.1, 0.15) is 0 Å². The topological polar surface area (TPSA) is 8.17 Å². The zero-order valence-electron chi connectivity index (χ0n) is 34.5. The summed E-state index contributed by atoms with van der Waals surface area (Å²) in [6.45, 7) is 0. The van der Waals surface area contributed by atoms with Gasteiger partial charge in [0.05, 0.1) is 27.8 Å². The Morgan fingerprint density at radius 3 is 1.59 bits per heavy atom. The molecule has 0 fully saturated rings. The Kier molecular flexibility index (Phi) is 7.85. The summed E-state index contributed by atoms with van der Waals surface area (Å²) >= 11 is 0.